The van der Waals surface area contributed by atoms with Gasteiger partial charge in [0.1, 0.15) is 12.4 Å². The molecule has 3 heteroatoms. The summed E-state index contributed by atoms with van der Waals surface area (Å²) in [6, 6.07) is 8.61. The maximum absolute atomic E-state index is 10.5. The van der Waals surface area contributed by atoms with Crippen molar-refractivity contribution < 1.29 is 14.6 Å². The van der Waals surface area contributed by atoms with Gasteiger partial charge in [0.2, 0.25) is 0 Å². The average molecular weight is 182 g/mol. The van der Waals surface area contributed by atoms with E-state index >= 15 is 0 Å². The van der Waals surface area contributed by atoms with Crippen LogP contribution in [-0.4, -0.2) is 17.7 Å². The molecule has 0 saturated carbocycles. The molecule has 72 valence electrons. The Bertz CT molecular complexity index is 231. The third-order valence-corrected chi connectivity index (χ3v) is 1.10. The molecule has 0 unspecified atom stereocenters. The fraction of sp³-hybridized carbons (Fsp3) is 0.300. The van der Waals surface area contributed by atoms with E-state index in [1.807, 2.05) is 19.9 Å². The summed E-state index contributed by atoms with van der Waals surface area (Å²) in [5.74, 6) is -0.192. The summed E-state index contributed by atoms with van der Waals surface area (Å²) in [6.07, 6.45) is 0. The Kier molecular flexibility index (Phi) is 6.55. The van der Waals surface area contributed by atoms with Crippen molar-refractivity contribution in [3.8, 4) is 5.75 Å². The van der Waals surface area contributed by atoms with Gasteiger partial charge in [0, 0.05) is 0 Å². The predicted molar refractivity (Wildman–Crippen MR) is 50.5 cm³/mol. The van der Waals surface area contributed by atoms with Gasteiger partial charge in [-0.1, -0.05) is 32.0 Å². The summed E-state index contributed by atoms with van der Waals surface area (Å²) in [6.45, 7) is 3.41. The van der Waals surface area contributed by atoms with E-state index in [2.05, 4.69) is 4.74 Å². The second kappa shape index (κ2) is 7.31. The number of carbonyl (C=O) groups is 1. The molecule has 1 rings (SSSR count). The molecule has 0 spiro atoms. The highest BCUT2D eigenvalue weighted by molar-refractivity contribution is 5.73. The van der Waals surface area contributed by atoms with Gasteiger partial charge in [0.05, 0.1) is 0 Å². The number of rotatable bonds is 2. The van der Waals surface area contributed by atoms with Crippen LogP contribution in [0.5, 0.6) is 5.75 Å². The highest BCUT2D eigenvalue weighted by Gasteiger charge is 1.99. The van der Waals surface area contributed by atoms with Crippen molar-refractivity contribution in [3.63, 3.8) is 0 Å². The van der Waals surface area contributed by atoms with E-state index in [4.69, 9.17) is 5.11 Å². The van der Waals surface area contributed by atoms with Gasteiger partial charge >= 0.3 is 5.97 Å². The van der Waals surface area contributed by atoms with E-state index in [9.17, 15) is 4.79 Å². The normalized spacial score (nSPS) is 8.23. The molecule has 0 bridgehead atoms. The predicted octanol–water partition coefficient (Wildman–Crippen LogP) is 1.61. The van der Waals surface area contributed by atoms with Gasteiger partial charge < -0.3 is 9.84 Å². The van der Waals surface area contributed by atoms with E-state index in [-0.39, 0.29) is 0 Å². The summed E-state index contributed by atoms with van der Waals surface area (Å²) < 4.78 is 4.67. The first-order chi connectivity index (χ1) is 6.33. The monoisotopic (exact) mass is 182 g/mol. The second-order valence-corrected chi connectivity index (χ2v) is 1.95. The summed E-state index contributed by atoms with van der Waals surface area (Å²) in [4.78, 5) is 10.5. The van der Waals surface area contributed by atoms with Crippen molar-refractivity contribution in [2.45, 2.75) is 13.8 Å². The lowest BCUT2D eigenvalue weighted by Gasteiger charge is -1.99. The molecule has 0 amide bonds. The molecule has 0 heterocycles. The molecule has 3 nitrogen and oxygen atoms in total. The molecule has 0 aromatic heterocycles. The molecule has 13 heavy (non-hydrogen) atoms. The van der Waals surface area contributed by atoms with Crippen LogP contribution in [-0.2, 0) is 4.79 Å². The van der Waals surface area contributed by atoms with Gasteiger partial charge in [0.15, 0.2) is 0 Å². The molecule has 1 N–H and O–H groups in total. The molecular weight excluding hydrogens is 168 g/mol. The number of esters is 1. The Hall–Kier alpha value is -1.35. The van der Waals surface area contributed by atoms with Crippen molar-refractivity contribution in [2.24, 2.45) is 0 Å². The van der Waals surface area contributed by atoms with Gasteiger partial charge in [0.25, 0.3) is 0 Å². The van der Waals surface area contributed by atoms with Crippen molar-refractivity contribution in [1.29, 1.82) is 0 Å². The Morgan fingerprint density at radius 2 is 1.85 bits per heavy atom. The van der Waals surface area contributed by atoms with Gasteiger partial charge in [-0.15, -0.1) is 0 Å². The molecule has 1 aromatic rings. The molecule has 0 aliphatic carbocycles. The van der Waals surface area contributed by atoms with Gasteiger partial charge in [-0.3, -0.25) is 0 Å². The lowest BCUT2D eigenvalue weighted by Crippen LogP contribution is -2.11. The zero-order chi connectivity index (χ0) is 10.1. The van der Waals surface area contributed by atoms with Crippen LogP contribution in [0, 0.1) is 0 Å². The van der Waals surface area contributed by atoms with E-state index in [0.29, 0.717) is 5.75 Å². The van der Waals surface area contributed by atoms with Crippen molar-refractivity contribution in [2.75, 3.05) is 6.61 Å². The number of ether oxygens (including phenoxy) is 1. The third kappa shape index (κ3) is 4.98. The van der Waals surface area contributed by atoms with Gasteiger partial charge in [-0.25, -0.2) is 4.79 Å². The van der Waals surface area contributed by atoms with Crippen LogP contribution >= 0.6 is 0 Å². The Balaban J connectivity index is 0.000000671. The fourth-order valence-electron chi connectivity index (χ4n) is 0.652. The van der Waals surface area contributed by atoms with Gasteiger partial charge in [-0.2, -0.15) is 0 Å². The van der Waals surface area contributed by atoms with Crippen LogP contribution in [0.2, 0.25) is 0 Å². The van der Waals surface area contributed by atoms with Crippen LogP contribution in [0.3, 0.4) is 0 Å². The average Bonchev–Trinajstić information content (AvgIpc) is 2.22. The highest BCUT2D eigenvalue weighted by Crippen LogP contribution is 2.07. The van der Waals surface area contributed by atoms with E-state index < -0.39 is 12.6 Å². The van der Waals surface area contributed by atoms with Gasteiger partial charge in [-0.05, 0) is 12.1 Å². The molecule has 0 aliphatic rings. The number of aliphatic hydroxyl groups is 1. The number of carbonyl (C=O) groups excluding carboxylic acids is 1. The number of benzene rings is 1. The van der Waals surface area contributed by atoms with Crippen LogP contribution in [0.15, 0.2) is 30.3 Å². The summed E-state index contributed by atoms with van der Waals surface area (Å²) in [5.41, 5.74) is 0. The highest BCUT2D eigenvalue weighted by atomic mass is 16.5. The largest absolute Gasteiger partial charge is 0.425 e. The van der Waals surface area contributed by atoms with Crippen LogP contribution in [0.1, 0.15) is 13.8 Å². The molecule has 0 aliphatic heterocycles. The molecule has 0 fully saturated rings. The lowest BCUT2D eigenvalue weighted by atomic mass is 10.3. The second-order valence-electron chi connectivity index (χ2n) is 1.95. The minimum absolute atomic E-state index is 0.451. The van der Waals surface area contributed by atoms with Crippen molar-refractivity contribution in [1.82, 2.24) is 0 Å². The zero-order valence-electron chi connectivity index (χ0n) is 7.86. The van der Waals surface area contributed by atoms with Crippen LogP contribution < -0.4 is 4.74 Å². The van der Waals surface area contributed by atoms with Crippen molar-refractivity contribution in [3.05, 3.63) is 30.3 Å². The van der Waals surface area contributed by atoms with E-state index in [1.165, 1.54) is 0 Å². The minimum Gasteiger partial charge on any atom is -0.425 e. The first-order valence-electron chi connectivity index (χ1n) is 4.19. The molecule has 0 atom stereocenters. The zero-order valence-corrected chi connectivity index (χ0v) is 7.86. The SMILES string of the molecule is CC.O=C(CO)Oc1ccccc1. The maximum Gasteiger partial charge on any atom is 0.337 e. The maximum atomic E-state index is 10.5. The summed E-state index contributed by atoms with van der Waals surface area (Å²) >= 11 is 0. The summed E-state index contributed by atoms with van der Waals surface area (Å²) in [7, 11) is 0. The standard InChI is InChI=1S/C8H8O3.C2H6/c9-6-8(10)11-7-4-2-1-3-5-7;1-2/h1-5,9H,6H2;1-2H3. The first-order valence-corrected chi connectivity index (χ1v) is 4.19. The molecule has 1 aromatic carbocycles. The Morgan fingerprint density at radius 1 is 1.31 bits per heavy atom. The van der Waals surface area contributed by atoms with E-state index in [1.54, 1.807) is 24.3 Å². The Labute approximate surface area is 78.0 Å². The number of aliphatic hydroxyl groups excluding tert-OH is 1. The Morgan fingerprint density at radius 3 is 2.31 bits per heavy atom. The lowest BCUT2D eigenvalue weighted by molar-refractivity contribution is -0.137. The molecule has 0 saturated heterocycles. The van der Waals surface area contributed by atoms with Crippen LogP contribution in [0.4, 0.5) is 0 Å². The quantitative estimate of drug-likeness (QED) is 0.558. The number of hydrogen-bond donors (Lipinski definition) is 1. The molecule has 0 radical (unpaired) electrons. The third-order valence-electron chi connectivity index (χ3n) is 1.10. The number of para-hydroxylation sites is 1. The number of hydrogen-bond acceptors (Lipinski definition) is 3. The fourth-order valence-corrected chi connectivity index (χ4v) is 0.652. The van der Waals surface area contributed by atoms with Crippen molar-refractivity contribution >= 4 is 5.97 Å². The first kappa shape index (κ1) is 11.6. The minimum atomic E-state index is -0.642. The van der Waals surface area contributed by atoms with Crippen LogP contribution in [0.25, 0.3) is 0 Å². The smallest absolute Gasteiger partial charge is 0.337 e. The van der Waals surface area contributed by atoms with E-state index in [0.717, 1.165) is 0 Å². The topological polar surface area (TPSA) is 46.5 Å². The summed E-state index contributed by atoms with van der Waals surface area (Å²) in [5, 5.41) is 8.32. The molecular formula is C10H14O3.